The molecule has 18 nitrogen and oxygen atoms in total. The average molecular weight is 634 g/mol. The number of nitrogens with two attached hydrogens (primary N) is 17. The molecule has 0 fully saturated rings. The number of amides is 1. The second kappa shape index (κ2) is 36.0. The number of rotatable bonds is 15. The minimum Gasteiger partial charge on any atom is -0.383 e. The van der Waals surface area contributed by atoms with Crippen molar-refractivity contribution in [3.8, 4) is 0 Å². The molecule has 0 spiro atoms. The number of carbonyl (C=O) groups excluding carboxylic acids is 1. The second-order valence-electron chi connectivity index (χ2n) is 9.44. The van der Waals surface area contributed by atoms with Crippen LogP contribution in [0, 0.1) is 0 Å². The molecule has 0 atom stereocenters. The van der Waals surface area contributed by atoms with Gasteiger partial charge in [0.1, 0.15) is 46.6 Å². The van der Waals surface area contributed by atoms with Crippen LogP contribution in [-0.4, -0.2) is 5.91 Å². The van der Waals surface area contributed by atoms with Crippen molar-refractivity contribution in [1.82, 2.24) is 0 Å². The van der Waals surface area contributed by atoms with Gasteiger partial charge in [0.15, 0.2) is 0 Å². The predicted octanol–water partition coefficient (Wildman–Crippen LogP) is -2.70. The van der Waals surface area contributed by atoms with Gasteiger partial charge in [0.2, 0.25) is 5.91 Å². The number of allylic oxidation sites excluding steroid dienone is 2. The van der Waals surface area contributed by atoms with Crippen LogP contribution in [0.1, 0.15) is 96.8 Å². The Labute approximate surface area is 263 Å². The highest BCUT2D eigenvalue weighted by molar-refractivity contribution is 5.73. The van der Waals surface area contributed by atoms with Crippen molar-refractivity contribution in [2.75, 3.05) is 0 Å². The summed E-state index contributed by atoms with van der Waals surface area (Å²) in [6.07, 6.45) is 21.9. The summed E-state index contributed by atoms with van der Waals surface area (Å²) in [6.45, 7) is 2.26. The first-order chi connectivity index (χ1) is 20.3. The maximum atomic E-state index is 10.5. The van der Waals surface area contributed by atoms with E-state index in [0.717, 1.165) is 12.8 Å². The monoisotopic (exact) mass is 634 g/mol. The molecule has 0 aromatic heterocycles. The first kappa shape index (κ1) is 48.7. The molecule has 0 aromatic rings. The Morgan fingerprint density at radius 2 is 0.591 bits per heavy atom. The van der Waals surface area contributed by atoms with Crippen molar-refractivity contribution in [2.45, 2.75) is 96.8 Å². The third-order valence-electron chi connectivity index (χ3n) is 5.02. The van der Waals surface area contributed by atoms with Gasteiger partial charge in [-0.3, -0.25) is 4.79 Å². The maximum Gasteiger partial charge on any atom is 0.217 e. The number of hydrogen-bond acceptors (Lipinski definition) is 17. The molecule has 0 saturated carbocycles. The standard InChI is InChI=1S/C18H35NO.4C2H8N4/c1-2-3-4-5-6-7-8-9-10-11-12-13-14-15-16-17-18(19)20;4*3-1(4)2(5)6/h9-10H,2-8,11-17H2,1H3,(H2,19,20);4*3-6H2/b10-9-;;;;. The smallest absolute Gasteiger partial charge is 0.217 e. The second-order valence-corrected chi connectivity index (χ2v) is 9.44. The van der Waals surface area contributed by atoms with E-state index in [1.54, 1.807) is 0 Å². The highest BCUT2D eigenvalue weighted by Gasteiger charge is 1.94. The molecule has 1 amide bonds. The lowest BCUT2D eigenvalue weighted by Gasteiger charge is -1.99. The number of primary amides is 1. The lowest BCUT2D eigenvalue weighted by atomic mass is 10.1. The largest absolute Gasteiger partial charge is 0.383 e. The molecule has 0 aromatic carbocycles. The molecule has 0 bridgehead atoms. The molecule has 0 unspecified atom stereocenters. The van der Waals surface area contributed by atoms with Crippen LogP contribution in [0.4, 0.5) is 0 Å². The fourth-order valence-electron chi connectivity index (χ4n) is 2.37. The van der Waals surface area contributed by atoms with E-state index in [-0.39, 0.29) is 52.5 Å². The summed E-state index contributed by atoms with van der Waals surface area (Å²) in [6, 6.07) is 0. The molecular formula is C26H67N17O. The Hall–Kier alpha value is -5.03. The van der Waals surface area contributed by atoms with Crippen molar-refractivity contribution in [3.05, 3.63) is 58.7 Å². The van der Waals surface area contributed by atoms with Crippen LogP contribution in [0.15, 0.2) is 58.7 Å². The van der Waals surface area contributed by atoms with Crippen LogP contribution < -0.4 is 97.5 Å². The summed E-state index contributed by atoms with van der Waals surface area (Å²) in [5.74, 6) is -0.312. The van der Waals surface area contributed by atoms with Crippen molar-refractivity contribution in [3.63, 3.8) is 0 Å². The zero-order valence-electron chi connectivity index (χ0n) is 26.8. The van der Waals surface area contributed by atoms with Gasteiger partial charge in [-0.2, -0.15) is 0 Å². The third kappa shape index (κ3) is 61.1. The minimum absolute atomic E-state index is 0.0185. The SMILES string of the molecule is CCCCCCCC/C=C\CCCCCCCC(N)=O.NC(N)=C(N)N.NC(N)=C(N)N.NC(N)=C(N)N.NC(N)=C(N)N. The normalized spacial score (nSPS) is 9.11. The average Bonchev–Trinajstić information content (AvgIpc) is 2.91. The van der Waals surface area contributed by atoms with E-state index in [1.807, 2.05) is 0 Å². The predicted molar refractivity (Wildman–Crippen MR) is 184 cm³/mol. The van der Waals surface area contributed by atoms with Gasteiger partial charge in [0.25, 0.3) is 0 Å². The molecule has 0 saturated heterocycles. The fraction of sp³-hybridized carbons (Fsp3) is 0.577. The van der Waals surface area contributed by atoms with E-state index in [0.29, 0.717) is 6.42 Å². The molecule has 262 valence electrons. The molecule has 0 heterocycles. The number of carbonyl (C=O) groups is 1. The summed E-state index contributed by atoms with van der Waals surface area (Å²) < 4.78 is 0. The molecule has 34 N–H and O–H groups in total. The van der Waals surface area contributed by atoms with Gasteiger partial charge in [-0.25, -0.2) is 0 Å². The van der Waals surface area contributed by atoms with Crippen LogP contribution in [-0.2, 0) is 4.79 Å². The van der Waals surface area contributed by atoms with Gasteiger partial charge >= 0.3 is 0 Å². The van der Waals surface area contributed by atoms with Gasteiger partial charge in [-0.1, -0.05) is 70.4 Å². The van der Waals surface area contributed by atoms with E-state index in [9.17, 15) is 4.79 Å². The Kier molecular flexibility index (Phi) is 39.8. The molecule has 18 heteroatoms. The van der Waals surface area contributed by atoms with E-state index in [1.165, 1.54) is 70.6 Å². The van der Waals surface area contributed by atoms with Crippen LogP contribution in [0.2, 0.25) is 0 Å². The fourth-order valence-corrected chi connectivity index (χ4v) is 2.37. The Morgan fingerprint density at radius 1 is 0.364 bits per heavy atom. The van der Waals surface area contributed by atoms with E-state index < -0.39 is 0 Å². The first-order valence-corrected chi connectivity index (χ1v) is 14.3. The van der Waals surface area contributed by atoms with E-state index in [2.05, 4.69) is 19.1 Å². The number of hydrogen-bond donors (Lipinski definition) is 17. The van der Waals surface area contributed by atoms with Crippen molar-refractivity contribution in [1.29, 1.82) is 0 Å². The molecule has 0 aliphatic heterocycles. The van der Waals surface area contributed by atoms with Gasteiger partial charge in [0.05, 0.1) is 0 Å². The Balaban J connectivity index is -0.000000171. The molecule has 0 aliphatic rings. The first-order valence-electron chi connectivity index (χ1n) is 14.3. The van der Waals surface area contributed by atoms with Crippen molar-refractivity contribution < 1.29 is 4.79 Å². The minimum atomic E-state index is -0.164. The summed E-state index contributed by atoms with van der Waals surface area (Å²) in [7, 11) is 0. The van der Waals surface area contributed by atoms with Gasteiger partial charge < -0.3 is 97.5 Å². The van der Waals surface area contributed by atoms with Crippen molar-refractivity contribution >= 4 is 5.91 Å². The molecule has 0 aliphatic carbocycles. The van der Waals surface area contributed by atoms with Gasteiger partial charge in [0, 0.05) is 6.42 Å². The quantitative estimate of drug-likeness (QED) is 0.0643. The van der Waals surface area contributed by atoms with Crippen molar-refractivity contribution in [2.24, 2.45) is 97.5 Å². The highest BCUT2D eigenvalue weighted by atomic mass is 16.1. The van der Waals surface area contributed by atoms with Crippen LogP contribution in [0.5, 0.6) is 0 Å². The lowest BCUT2D eigenvalue weighted by molar-refractivity contribution is -0.118. The third-order valence-corrected chi connectivity index (χ3v) is 5.02. The molecule has 44 heavy (non-hydrogen) atoms. The zero-order chi connectivity index (χ0) is 35.5. The Bertz CT molecular complexity index is 691. The summed E-state index contributed by atoms with van der Waals surface area (Å²) in [4.78, 5) is 10.5. The lowest BCUT2D eigenvalue weighted by Crippen LogP contribution is -2.22. The molecule has 0 rings (SSSR count). The topological polar surface area (TPSA) is 459 Å². The summed E-state index contributed by atoms with van der Waals surface area (Å²) >= 11 is 0. The zero-order valence-corrected chi connectivity index (χ0v) is 26.8. The Morgan fingerprint density at radius 3 is 0.818 bits per heavy atom. The summed E-state index contributed by atoms with van der Waals surface area (Å²) in [5.41, 5.74) is 82.6. The number of unbranched alkanes of at least 4 members (excludes halogenated alkanes) is 11. The van der Waals surface area contributed by atoms with Crippen LogP contribution >= 0.6 is 0 Å². The van der Waals surface area contributed by atoms with E-state index >= 15 is 0 Å². The van der Waals surface area contributed by atoms with Crippen LogP contribution in [0.25, 0.3) is 0 Å². The van der Waals surface area contributed by atoms with E-state index in [4.69, 9.17) is 97.5 Å². The summed E-state index contributed by atoms with van der Waals surface area (Å²) in [5, 5.41) is 0. The van der Waals surface area contributed by atoms with Gasteiger partial charge in [-0.15, -0.1) is 0 Å². The van der Waals surface area contributed by atoms with Gasteiger partial charge in [-0.05, 0) is 32.1 Å². The highest BCUT2D eigenvalue weighted by Crippen LogP contribution is 2.09. The molecule has 0 radical (unpaired) electrons. The maximum absolute atomic E-state index is 10.5. The molecular weight excluding hydrogens is 566 g/mol. The van der Waals surface area contributed by atoms with Crippen LogP contribution in [0.3, 0.4) is 0 Å².